The number of carbonyl (C=O) groups is 1. The van der Waals surface area contributed by atoms with E-state index in [0.717, 1.165) is 22.1 Å². The summed E-state index contributed by atoms with van der Waals surface area (Å²) in [6.45, 7) is 6.30. The molecule has 0 fully saturated rings. The number of carbonyl (C=O) groups excluding carboxylic acids is 1. The second-order valence-corrected chi connectivity index (χ2v) is 6.63. The maximum atomic E-state index is 12.4. The minimum atomic E-state index is -0.341. The van der Waals surface area contributed by atoms with Crippen molar-refractivity contribution in [3.8, 4) is 5.75 Å². The Morgan fingerprint density at radius 1 is 1.12 bits per heavy atom. The molecule has 0 aliphatic heterocycles. The third-order valence-electron chi connectivity index (χ3n) is 4.33. The van der Waals surface area contributed by atoms with Gasteiger partial charge >= 0.3 is 0 Å². The SMILES string of the molecule is COc1ccc2cc([C@H](C)C(=O)NCC(C)CC(C)O)ccc2c1. The number of nitrogens with one attached hydrogen (secondary N) is 1. The summed E-state index contributed by atoms with van der Waals surface area (Å²) in [6, 6.07) is 12.0. The molecule has 2 aromatic carbocycles. The van der Waals surface area contributed by atoms with Gasteiger partial charge in [-0.25, -0.2) is 0 Å². The van der Waals surface area contributed by atoms with Crippen LogP contribution in [0.25, 0.3) is 10.8 Å². The van der Waals surface area contributed by atoms with Gasteiger partial charge in [-0.2, -0.15) is 0 Å². The van der Waals surface area contributed by atoms with Crippen molar-refractivity contribution >= 4 is 16.7 Å². The number of aliphatic hydroxyl groups excluding tert-OH is 1. The molecule has 0 aliphatic carbocycles. The number of hydrogen-bond donors (Lipinski definition) is 2. The van der Waals surface area contributed by atoms with Crippen molar-refractivity contribution in [2.24, 2.45) is 5.92 Å². The van der Waals surface area contributed by atoms with E-state index in [9.17, 15) is 9.90 Å². The van der Waals surface area contributed by atoms with Gasteiger partial charge in [0, 0.05) is 6.54 Å². The highest BCUT2D eigenvalue weighted by atomic mass is 16.5. The number of aliphatic hydroxyl groups is 1. The van der Waals surface area contributed by atoms with Crippen molar-refractivity contribution in [3.63, 3.8) is 0 Å². The van der Waals surface area contributed by atoms with E-state index in [1.54, 1.807) is 14.0 Å². The van der Waals surface area contributed by atoms with Crippen LogP contribution in [0.5, 0.6) is 5.75 Å². The predicted molar refractivity (Wildman–Crippen MR) is 97.4 cm³/mol. The van der Waals surface area contributed by atoms with Gasteiger partial charge in [0.1, 0.15) is 5.75 Å². The highest BCUT2D eigenvalue weighted by molar-refractivity contribution is 5.88. The monoisotopic (exact) mass is 329 g/mol. The zero-order chi connectivity index (χ0) is 17.7. The Bertz CT molecular complexity index is 696. The molecular weight excluding hydrogens is 302 g/mol. The van der Waals surface area contributed by atoms with E-state index >= 15 is 0 Å². The van der Waals surface area contributed by atoms with Gasteiger partial charge in [-0.3, -0.25) is 4.79 Å². The highest BCUT2D eigenvalue weighted by Gasteiger charge is 2.16. The average molecular weight is 329 g/mol. The van der Waals surface area contributed by atoms with Crippen LogP contribution in [0.1, 0.15) is 38.7 Å². The average Bonchev–Trinajstić information content (AvgIpc) is 2.57. The van der Waals surface area contributed by atoms with Gasteiger partial charge in [-0.15, -0.1) is 0 Å². The van der Waals surface area contributed by atoms with Crippen LogP contribution in [0.3, 0.4) is 0 Å². The molecule has 0 saturated heterocycles. The summed E-state index contributed by atoms with van der Waals surface area (Å²) < 4.78 is 5.24. The van der Waals surface area contributed by atoms with Crippen LogP contribution in [0, 0.1) is 5.92 Å². The lowest BCUT2D eigenvalue weighted by molar-refractivity contribution is -0.122. The van der Waals surface area contributed by atoms with Crippen molar-refractivity contribution in [1.29, 1.82) is 0 Å². The van der Waals surface area contributed by atoms with Gasteiger partial charge in [0.2, 0.25) is 5.91 Å². The highest BCUT2D eigenvalue weighted by Crippen LogP contribution is 2.25. The number of rotatable bonds is 7. The topological polar surface area (TPSA) is 58.6 Å². The molecule has 24 heavy (non-hydrogen) atoms. The first-order valence-electron chi connectivity index (χ1n) is 8.44. The standard InChI is InChI=1S/C20H27NO3/c1-13(9-14(2)22)12-21-20(23)15(3)16-5-6-18-11-19(24-4)8-7-17(18)10-16/h5-8,10-11,13-15,22H,9,12H2,1-4H3,(H,21,23)/t13?,14?,15-/m0/s1. The molecule has 3 atom stereocenters. The molecule has 0 saturated carbocycles. The molecule has 0 aliphatic rings. The Morgan fingerprint density at radius 2 is 1.79 bits per heavy atom. The molecule has 2 N–H and O–H groups in total. The van der Waals surface area contributed by atoms with Crippen LogP contribution in [-0.2, 0) is 4.79 Å². The second-order valence-electron chi connectivity index (χ2n) is 6.63. The normalized spacial score (nSPS) is 14.9. The van der Waals surface area contributed by atoms with Gasteiger partial charge in [-0.1, -0.05) is 31.2 Å². The molecule has 4 nitrogen and oxygen atoms in total. The Hall–Kier alpha value is -2.07. The molecule has 0 spiro atoms. The van der Waals surface area contributed by atoms with Crippen LogP contribution in [0.4, 0.5) is 0 Å². The number of fused-ring (bicyclic) bond motifs is 1. The number of ether oxygens (including phenoxy) is 1. The van der Waals surface area contributed by atoms with Crippen molar-refractivity contribution in [1.82, 2.24) is 5.32 Å². The third kappa shape index (κ3) is 4.71. The summed E-state index contributed by atoms with van der Waals surface area (Å²) in [5.41, 5.74) is 0.994. The van der Waals surface area contributed by atoms with Gasteiger partial charge in [-0.05, 0) is 54.7 Å². The summed E-state index contributed by atoms with van der Waals surface area (Å²) in [6.07, 6.45) is 0.346. The predicted octanol–water partition coefficient (Wildman–Crippen LogP) is 3.48. The largest absolute Gasteiger partial charge is 0.497 e. The molecule has 2 unspecified atom stereocenters. The van der Waals surface area contributed by atoms with Crippen LogP contribution in [0.2, 0.25) is 0 Å². The fourth-order valence-electron chi connectivity index (χ4n) is 2.88. The molecule has 1 amide bonds. The Morgan fingerprint density at radius 3 is 2.46 bits per heavy atom. The van der Waals surface area contributed by atoms with Gasteiger partial charge < -0.3 is 15.2 Å². The smallest absolute Gasteiger partial charge is 0.227 e. The molecule has 2 aromatic rings. The molecule has 0 heterocycles. The Kier molecular flexibility index (Phi) is 6.21. The van der Waals surface area contributed by atoms with Crippen molar-refractivity contribution in [3.05, 3.63) is 42.0 Å². The molecule has 130 valence electrons. The quantitative estimate of drug-likeness (QED) is 0.818. The molecule has 0 radical (unpaired) electrons. The summed E-state index contributed by atoms with van der Waals surface area (Å²) in [5, 5.41) is 14.6. The van der Waals surface area contributed by atoms with Crippen LogP contribution in [-0.4, -0.2) is 30.8 Å². The minimum Gasteiger partial charge on any atom is -0.497 e. The first kappa shape index (κ1) is 18.3. The lowest BCUT2D eigenvalue weighted by Gasteiger charge is -2.17. The van der Waals surface area contributed by atoms with E-state index < -0.39 is 0 Å². The molecule has 0 bridgehead atoms. The van der Waals surface area contributed by atoms with Crippen molar-refractivity contribution in [2.75, 3.05) is 13.7 Å². The fraction of sp³-hybridized carbons (Fsp3) is 0.450. The van der Waals surface area contributed by atoms with Crippen LogP contribution >= 0.6 is 0 Å². The molecular formula is C20H27NO3. The second kappa shape index (κ2) is 8.15. The van der Waals surface area contributed by atoms with E-state index in [1.807, 2.05) is 44.2 Å². The van der Waals surface area contributed by atoms with E-state index in [2.05, 4.69) is 11.4 Å². The summed E-state index contributed by atoms with van der Waals surface area (Å²) in [4.78, 5) is 12.4. The Balaban J connectivity index is 2.04. The lowest BCUT2D eigenvalue weighted by Crippen LogP contribution is -2.32. The van der Waals surface area contributed by atoms with Crippen molar-refractivity contribution < 1.29 is 14.6 Å². The number of amides is 1. The number of hydrogen-bond acceptors (Lipinski definition) is 3. The zero-order valence-corrected chi connectivity index (χ0v) is 14.9. The Labute approximate surface area is 143 Å². The van der Waals surface area contributed by atoms with Crippen LogP contribution in [0.15, 0.2) is 36.4 Å². The van der Waals surface area contributed by atoms with Gasteiger partial charge in [0.15, 0.2) is 0 Å². The van der Waals surface area contributed by atoms with E-state index in [-0.39, 0.29) is 23.8 Å². The molecule has 4 heteroatoms. The van der Waals surface area contributed by atoms with Gasteiger partial charge in [0.25, 0.3) is 0 Å². The first-order chi connectivity index (χ1) is 11.4. The molecule has 2 rings (SSSR count). The van der Waals surface area contributed by atoms with E-state index in [1.165, 1.54) is 0 Å². The molecule has 0 aromatic heterocycles. The number of benzene rings is 2. The zero-order valence-electron chi connectivity index (χ0n) is 14.9. The van der Waals surface area contributed by atoms with Crippen molar-refractivity contribution in [2.45, 2.75) is 39.2 Å². The maximum absolute atomic E-state index is 12.4. The summed E-state index contributed by atoms with van der Waals surface area (Å²) in [5.74, 6) is 0.883. The summed E-state index contributed by atoms with van der Waals surface area (Å²) >= 11 is 0. The first-order valence-corrected chi connectivity index (χ1v) is 8.44. The van der Waals surface area contributed by atoms with E-state index in [4.69, 9.17) is 4.74 Å². The fourth-order valence-corrected chi connectivity index (χ4v) is 2.88. The number of methoxy groups -OCH3 is 1. The summed E-state index contributed by atoms with van der Waals surface area (Å²) in [7, 11) is 1.65. The van der Waals surface area contributed by atoms with Gasteiger partial charge in [0.05, 0.1) is 19.1 Å². The lowest BCUT2D eigenvalue weighted by atomic mass is 9.96. The maximum Gasteiger partial charge on any atom is 0.227 e. The minimum absolute atomic E-state index is 0.0142. The van der Waals surface area contributed by atoms with Crippen LogP contribution < -0.4 is 10.1 Å². The third-order valence-corrected chi connectivity index (χ3v) is 4.33. The van der Waals surface area contributed by atoms with E-state index in [0.29, 0.717) is 13.0 Å².